The zero-order chi connectivity index (χ0) is 9.68. The Kier molecular flexibility index (Phi) is 4.20. The molecule has 0 aliphatic carbocycles. The van der Waals surface area contributed by atoms with E-state index in [4.69, 9.17) is 11.0 Å². The van der Waals surface area contributed by atoms with Crippen LogP contribution in [0.1, 0.15) is 26.2 Å². The summed E-state index contributed by atoms with van der Waals surface area (Å²) < 4.78 is 0. The average molecular weight is 181 g/mol. The molecular weight excluding hydrogens is 162 g/mol. The molecule has 1 saturated heterocycles. The summed E-state index contributed by atoms with van der Waals surface area (Å²) in [5.41, 5.74) is 5.91. The van der Waals surface area contributed by atoms with Crippen molar-refractivity contribution in [3.8, 4) is 6.07 Å². The summed E-state index contributed by atoms with van der Waals surface area (Å²) in [5, 5.41) is 8.36. The van der Waals surface area contributed by atoms with Crippen LogP contribution in [0.25, 0.3) is 0 Å². The van der Waals surface area contributed by atoms with Crippen molar-refractivity contribution in [1.29, 1.82) is 5.26 Å². The molecule has 2 N–H and O–H groups in total. The summed E-state index contributed by atoms with van der Waals surface area (Å²) in [4.78, 5) is 2.41. The van der Waals surface area contributed by atoms with E-state index in [-0.39, 0.29) is 0 Å². The normalized spacial score (nSPS) is 29.0. The Morgan fingerprint density at radius 2 is 2.23 bits per heavy atom. The molecule has 0 amide bonds. The second-order valence-corrected chi connectivity index (χ2v) is 4.02. The molecule has 2 unspecified atom stereocenters. The first-order valence-corrected chi connectivity index (χ1v) is 5.09. The summed E-state index contributed by atoms with van der Waals surface area (Å²) >= 11 is 0. The zero-order valence-corrected chi connectivity index (χ0v) is 8.37. The van der Waals surface area contributed by atoms with Crippen LogP contribution >= 0.6 is 0 Å². The Labute approximate surface area is 80.5 Å². The van der Waals surface area contributed by atoms with E-state index >= 15 is 0 Å². The molecule has 3 nitrogen and oxygen atoms in total. The van der Waals surface area contributed by atoms with Gasteiger partial charge in [0.25, 0.3) is 0 Å². The molecular formula is C10H19N3. The van der Waals surface area contributed by atoms with Crippen LogP contribution in [0.2, 0.25) is 0 Å². The highest BCUT2D eigenvalue weighted by Gasteiger charge is 2.25. The molecule has 1 aliphatic heterocycles. The van der Waals surface area contributed by atoms with Crippen LogP contribution in [0.3, 0.4) is 0 Å². The van der Waals surface area contributed by atoms with Gasteiger partial charge in [0.05, 0.1) is 6.07 Å². The fourth-order valence-electron chi connectivity index (χ4n) is 1.82. The standard InChI is InChI=1S/C10H19N3/c1-9-7-13(8-10(9)12)6-4-2-3-5-11/h9-10H,2-4,6-8,12H2,1H3. The van der Waals surface area contributed by atoms with Crippen molar-refractivity contribution in [3.05, 3.63) is 0 Å². The van der Waals surface area contributed by atoms with Crippen molar-refractivity contribution in [2.45, 2.75) is 32.2 Å². The summed E-state index contributed by atoms with van der Waals surface area (Å²) in [6, 6.07) is 2.52. The van der Waals surface area contributed by atoms with Gasteiger partial charge in [-0.1, -0.05) is 6.92 Å². The maximum Gasteiger partial charge on any atom is 0.0621 e. The Morgan fingerprint density at radius 1 is 1.46 bits per heavy atom. The first kappa shape index (κ1) is 10.5. The molecule has 0 radical (unpaired) electrons. The van der Waals surface area contributed by atoms with Crippen molar-refractivity contribution >= 4 is 0 Å². The van der Waals surface area contributed by atoms with Crippen LogP contribution in [-0.2, 0) is 0 Å². The monoisotopic (exact) mass is 181 g/mol. The van der Waals surface area contributed by atoms with E-state index in [9.17, 15) is 0 Å². The van der Waals surface area contributed by atoms with Crippen molar-refractivity contribution in [2.24, 2.45) is 11.7 Å². The first-order chi connectivity index (χ1) is 6.24. The fraction of sp³-hybridized carbons (Fsp3) is 0.900. The fourth-order valence-corrected chi connectivity index (χ4v) is 1.82. The molecule has 74 valence electrons. The van der Waals surface area contributed by atoms with Crippen LogP contribution < -0.4 is 5.73 Å². The number of unbranched alkanes of at least 4 members (excludes halogenated alkanes) is 2. The SMILES string of the molecule is CC1CN(CCCCC#N)CC1N. The Hall–Kier alpha value is -0.590. The molecule has 1 aliphatic rings. The number of likely N-dealkylation sites (tertiary alicyclic amines) is 1. The van der Waals surface area contributed by atoms with Gasteiger partial charge < -0.3 is 10.6 Å². The highest BCUT2D eigenvalue weighted by Crippen LogP contribution is 2.14. The quantitative estimate of drug-likeness (QED) is 0.657. The number of nitriles is 1. The van der Waals surface area contributed by atoms with Gasteiger partial charge in [-0.2, -0.15) is 5.26 Å². The lowest BCUT2D eigenvalue weighted by atomic mass is 10.1. The number of hydrogen-bond donors (Lipinski definition) is 1. The van der Waals surface area contributed by atoms with Gasteiger partial charge in [0, 0.05) is 25.6 Å². The first-order valence-electron chi connectivity index (χ1n) is 5.09. The average Bonchev–Trinajstić information content (AvgIpc) is 2.41. The molecule has 13 heavy (non-hydrogen) atoms. The maximum atomic E-state index is 8.36. The topological polar surface area (TPSA) is 53.0 Å². The minimum atomic E-state index is 0.357. The van der Waals surface area contributed by atoms with Crippen molar-refractivity contribution < 1.29 is 0 Å². The third-order valence-corrected chi connectivity index (χ3v) is 2.76. The van der Waals surface area contributed by atoms with Crippen molar-refractivity contribution in [1.82, 2.24) is 4.90 Å². The predicted molar refractivity (Wildman–Crippen MR) is 53.0 cm³/mol. The smallest absolute Gasteiger partial charge is 0.0621 e. The lowest BCUT2D eigenvalue weighted by molar-refractivity contribution is 0.319. The van der Waals surface area contributed by atoms with Gasteiger partial charge in [-0.25, -0.2) is 0 Å². The summed E-state index contributed by atoms with van der Waals surface area (Å²) in [6.45, 7) is 5.49. The Balaban J connectivity index is 2.07. The summed E-state index contributed by atoms with van der Waals surface area (Å²) in [6.07, 6.45) is 2.85. The number of rotatable bonds is 4. The molecule has 0 aromatic carbocycles. The highest BCUT2D eigenvalue weighted by atomic mass is 15.2. The van der Waals surface area contributed by atoms with Gasteiger partial charge in [-0.15, -0.1) is 0 Å². The predicted octanol–water partition coefficient (Wildman–Crippen LogP) is 0.959. The zero-order valence-electron chi connectivity index (χ0n) is 8.37. The van der Waals surface area contributed by atoms with Gasteiger partial charge in [-0.05, 0) is 25.3 Å². The van der Waals surface area contributed by atoms with E-state index in [1.165, 1.54) is 0 Å². The summed E-state index contributed by atoms with van der Waals surface area (Å²) in [7, 11) is 0. The van der Waals surface area contributed by atoms with E-state index in [1.807, 2.05) is 0 Å². The van der Waals surface area contributed by atoms with Crippen molar-refractivity contribution in [3.63, 3.8) is 0 Å². The Bertz CT molecular complexity index is 175. The van der Waals surface area contributed by atoms with Gasteiger partial charge in [0.15, 0.2) is 0 Å². The molecule has 0 bridgehead atoms. The largest absolute Gasteiger partial charge is 0.326 e. The molecule has 1 heterocycles. The minimum Gasteiger partial charge on any atom is -0.326 e. The van der Waals surface area contributed by atoms with E-state index in [2.05, 4.69) is 17.9 Å². The molecule has 0 spiro atoms. The molecule has 2 atom stereocenters. The molecule has 0 aromatic heterocycles. The van der Waals surface area contributed by atoms with E-state index in [1.54, 1.807) is 0 Å². The van der Waals surface area contributed by atoms with Crippen LogP contribution in [0.15, 0.2) is 0 Å². The molecule has 1 rings (SSSR count). The molecule has 0 saturated carbocycles. The van der Waals surface area contributed by atoms with Crippen LogP contribution in [0.5, 0.6) is 0 Å². The molecule has 0 aromatic rings. The van der Waals surface area contributed by atoms with Gasteiger partial charge in [-0.3, -0.25) is 0 Å². The van der Waals surface area contributed by atoms with Gasteiger partial charge >= 0.3 is 0 Å². The lowest BCUT2D eigenvalue weighted by Gasteiger charge is -2.13. The van der Waals surface area contributed by atoms with Gasteiger partial charge in [0.2, 0.25) is 0 Å². The van der Waals surface area contributed by atoms with Crippen LogP contribution in [0, 0.1) is 17.2 Å². The maximum absolute atomic E-state index is 8.36. The van der Waals surface area contributed by atoms with Crippen molar-refractivity contribution in [2.75, 3.05) is 19.6 Å². The third kappa shape index (κ3) is 3.33. The molecule has 1 fully saturated rings. The second kappa shape index (κ2) is 5.21. The van der Waals surface area contributed by atoms with Gasteiger partial charge in [0.1, 0.15) is 0 Å². The van der Waals surface area contributed by atoms with Crippen LogP contribution in [-0.4, -0.2) is 30.6 Å². The number of nitrogens with zero attached hydrogens (tertiary/aromatic N) is 2. The minimum absolute atomic E-state index is 0.357. The third-order valence-electron chi connectivity index (χ3n) is 2.76. The van der Waals surface area contributed by atoms with E-state index in [0.717, 1.165) is 32.5 Å². The summed E-state index contributed by atoms with van der Waals surface area (Å²) in [5.74, 6) is 0.635. The number of hydrogen-bond acceptors (Lipinski definition) is 3. The second-order valence-electron chi connectivity index (χ2n) is 4.02. The Morgan fingerprint density at radius 3 is 2.77 bits per heavy atom. The van der Waals surface area contributed by atoms with Crippen LogP contribution in [0.4, 0.5) is 0 Å². The highest BCUT2D eigenvalue weighted by molar-refractivity contribution is 4.83. The van der Waals surface area contributed by atoms with E-state index in [0.29, 0.717) is 18.4 Å². The molecule has 3 heteroatoms. The van der Waals surface area contributed by atoms with E-state index < -0.39 is 0 Å². The number of nitrogens with two attached hydrogens (primary N) is 1. The lowest BCUT2D eigenvalue weighted by Crippen LogP contribution is -2.28.